The van der Waals surface area contributed by atoms with E-state index in [1.807, 2.05) is 0 Å². The summed E-state index contributed by atoms with van der Waals surface area (Å²) in [7, 11) is 0. The minimum absolute atomic E-state index is 0.0832. The first kappa shape index (κ1) is 13.2. The Bertz CT molecular complexity index is 318. The second-order valence-corrected chi connectivity index (χ2v) is 8.84. The Morgan fingerprint density at radius 2 is 2.00 bits per heavy atom. The maximum absolute atomic E-state index is 6.25. The predicted octanol–water partition coefficient (Wildman–Crippen LogP) is 4.13. The molecule has 1 nitrogen and oxygen atoms in total. The van der Waals surface area contributed by atoms with Crippen LogP contribution in [0.25, 0.3) is 0 Å². The quantitative estimate of drug-likeness (QED) is 0.535. The molecule has 0 amide bonds. The second kappa shape index (κ2) is 5.31. The fourth-order valence-electron chi connectivity index (χ4n) is 2.94. The maximum atomic E-state index is 6.25. The van der Waals surface area contributed by atoms with Crippen molar-refractivity contribution in [2.45, 2.75) is 49.2 Å². The van der Waals surface area contributed by atoms with Crippen molar-refractivity contribution < 1.29 is 4.74 Å². The average Bonchev–Trinajstić information content (AvgIpc) is 3.21. The number of hydrogen-bond donors (Lipinski definition) is 0. The Balaban J connectivity index is 1.49. The lowest BCUT2D eigenvalue weighted by Crippen LogP contribution is -2.50. The van der Waals surface area contributed by atoms with Crippen molar-refractivity contribution in [1.29, 1.82) is 0 Å². The highest BCUT2D eigenvalue weighted by molar-refractivity contribution is 8.18. The van der Waals surface area contributed by atoms with Crippen molar-refractivity contribution in [2.24, 2.45) is 11.3 Å². The SMILES string of the molecule is C#CCCCCC12OCC(CC3CC3)(CS1)CS2. The van der Waals surface area contributed by atoms with Gasteiger partial charge in [-0.15, -0.1) is 35.9 Å². The molecule has 3 aliphatic heterocycles. The smallest absolute Gasteiger partial charge is 0.160 e. The van der Waals surface area contributed by atoms with Crippen LogP contribution in [-0.2, 0) is 4.74 Å². The van der Waals surface area contributed by atoms with E-state index in [1.54, 1.807) is 0 Å². The molecule has 0 aromatic carbocycles. The number of thioether (sulfide) groups is 2. The van der Waals surface area contributed by atoms with Crippen LogP contribution in [0.3, 0.4) is 0 Å². The van der Waals surface area contributed by atoms with Gasteiger partial charge in [0.05, 0.1) is 6.61 Å². The molecular formula is C15H22OS2. The van der Waals surface area contributed by atoms with Crippen LogP contribution in [0.15, 0.2) is 0 Å². The fraction of sp³-hybridized carbons (Fsp3) is 0.867. The summed E-state index contributed by atoms with van der Waals surface area (Å²) < 4.78 is 6.33. The molecular weight excluding hydrogens is 260 g/mol. The Morgan fingerprint density at radius 1 is 1.22 bits per heavy atom. The van der Waals surface area contributed by atoms with Crippen LogP contribution < -0.4 is 0 Å². The molecule has 3 heteroatoms. The van der Waals surface area contributed by atoms with E-state index in [9.17, 15) is 0 Å². The Morgan fingerprint density at radius 3 is 2.56 bits per heavy atom. The van der Waals surface area contributed by atoms with Crippen molar-refractivity contribution in [3.8, 4) is 12.3 Å². The maximum Gasteiger partial charge on any atom is 0.160 e. The first-order valence-electron chi connectivity index (χ1n) is 7.11. The molecule has 0 radical (unpaired) electrons. The van der Waals surface area contributed by atoms with Gasteiger partial charge >= 0.3 is 0 Å². The minimum Gasteiger partial charge on any atom is -0.354 e. The molecule has 0 spiro atoms. The second-order valence-electron chi connectivity index (χ2n) is 6.11. The van der Waals surface area contributed by atoms with Crippen molar-refractivity contribution in [2.75, 3.05) is 18.1 Å². The number of ether oxygens (including phenoxy) is 1. The zero-order valence-corrected chi connectivity index (χ0v) is 12.6. The minimum atomic E-state index is 0.0832. The Labute approximate surface area is 119 Å². The number of hydrogen-bond acceptors (Lipinski definition) is 3. The summed E-state index contributed by atoms with van der Waals surface area (Å²) in [6.45, 7) is 1.01. The molecule has 1 aliphatic carbocycles. The molecule has 0 unspecified atom stereocenters. The van der Waals surface area contributed by atoms with Gasteiger partial charge in [0.2, 0.25) is 0 Å². The zero-order valence-electron chi connectivity index (χ0n) is 11.0. The Kier molecular flexibility index (Phi) is 3.90. The van der Waals surface area contributed by atoms with E-state index < -0.39 is 0 Å². The van der Waals surface area contributed by atoms with Gasteiger partial charge in [-0.3, -0.25) is 0 Å². The van der Waals surface area contributed by atoms with Crippen LogP contribution in [0.2, 0.25) is 0 Å². The van der Waals surface area contributed by atoms with Gasteiger partial charge in [0.1, 0.15) is 0 Å². The van der Waals surface area contributed by atoms with Crippen LogP contribution in [0.1, 0.15) is 44.9 Å². The Hall–Kier alpha value is 0.220. The molecule has 3 heterocycles. The summed E-state index contributed by atoms with van der Waals surface area (Å²) in [5.74, 6) is 6.40. The van der Waals surface area contributed by atoms with Gasteiger partial charge in [0.25, 0.3) is 0 Å². The lowest BCUT2D eigenvalue weighted by atomic mass is 9.87. The third kappa shape index (κ3) is 2.86. The van der Waals surface area contributed by atoms with Gasteiger partial charge in [-0.05, 0) is 31.6 Å². The largest absolute Gasteiger partial charge is 0.354 e. The summed E-state index contributed by atoms with van der Waals surface area (Å²) in [5, 5.41) is 0. The van der Waals surface area contributed by atoms with E-state index in [4.69, 9.17) is 11.2 Å². The molecule has 3 saturated heterocycles. The molecule has 18 heavy (non-hydrogen) atoms. The monoisotopic (exact) mass is 282 g/mol. The topological polar surface area (TPSA) is 9.23 Å². The molecule has 0 N–H and O–H groups in total. The van der Waals surface area contributed by atoms with Crippen LogP contribution in [0.5, 0.6) is 0 Å². The summed E-state index contributed by atoms with van der Waals surface area (Å²) in [4.78, 5) is 0. The lowest BCUT2D eigenvalue weighted by molar-refractivity contribution is -0.00191. The van der Waals surface area contributed by atoms with Crippen LogP contribution >= 0.6 is 23.5 Å². The molecule has 4 aliphatic rings. The van der Waals surface area contributed by atoms with Crippen molar-refractivity contribution in [1.82, 2.24) is 0 Å². The first-order valence-corrected chi connectivity index (χ1v) is 9.08. The van der Waals surface area contributed by atoms with E-state index in [0.717, 1.165) is 25.4 Å². The van der Waals surface area contributed by atoms with E-state index in [1.165, 1.54) is 43.6 Å². The number of unbranched alkanes of at least 4 members (excludes halogenated alkanes) is 2. The number of fused-ring (bicyclic) bond motifs is 3. The van der Waals surface area contributed by atoms with Gasteiger partial charge in [0, 0.05) is 23.3 Å². The van der Waals surface area contributed by atoms with Gasteiger partial charge in [-0.2, -0.15) is 0 Å². The van der Waals surface area contributed by atoms with Crippen LogP contribution in [-0.4, -0.2) is 22.4 Å². The van der Waals surface area contributed by atoms with E-state index >= 15 is 0 Å². The summed E-state index contributed by atoms with van der Waals surface area (Å²) in [6, 6.07) is 0. The normalized spacial score (nSPS) is 38.6. The number of terminal acetylenes is 1. The number of rotatable bonds is 6. The molecule has 2 bridgehead atoms. The third-order valence-corrected chi connectivity index (χ3v) is 8.01. The van der Waals surface area contributed by atoms with Gasteiger partial charge in [-0.25, -0.2) is 0 Å². The van der Waals surface area contributed by atoms with E-state index in [-0.39, 0.29) is 4.27 Å². The highest BCUT2D eigenvalue weighted by atomic mass is 32.2. The molecule has 0 aromatic heterocycles. The highest BCUT2D eigenvalue weighted by Crippen LogP contribution is 2.59. The van der Waals surface area contributed by atoms with Gasteiger partial charge in [-0.1, -0.05) is 12.8 Å². The summed E-state index contributed by atoms with van der Waals surface area (Å²) in [5.41, 5.74) is 0.511. The average molecular weight is 282 g/mol. The zero-order chi connectivity index (χ0) is 12.5. The van der Waals surface area contributed by atoms with E-state index in [2.05, 4.69) is 29.4 Å². The van der Waals surface area contributed by atoms with Crippen molar-refractivity contribution in [3.63, 3.8) is 0 Å². The molecule has 0 atom stereocenters. The summed E-state index contributed by atoms with van der Waals surface area (Å²) in [6.07, 6.45) is 14.1. The van der Waals surface area contributed by atoms with Crippen LogP contribution in [0, 0.1) is 23.7 Å². The van der Waals surface area contributed by atoms with Gasteiger partial charge in [0.15, 0.2) is 4.27 Å². The highest BCUT2D eigenvalue weighted by Gasteiger charge is 2.52. The molecule has 0 aromatic rings. The standard InChI is InChI=1S/C15H22OS2/c1-2-3-4-5-8-15-16-10-14(11-17-15,12-18-15)9-13-6-7-13/h1,13H,3-12H2. The molecule has 1 saturated carbocycles. The van der Waals surface area contributed by atoms with Gasteiger partial charge < -0.3 is 4.74 Å². The fourth-order valence-corrected chi connectivity index (χ4v) is 6.27. The third-order valence-electron chi connectivity index (χ3n) is 4.27. The molecule has 4 rings (SSSR count). The molecule has 100 valence electrons. The van der Waals surface area contributed by atoms with Crippen molar-refractivity contribution >= 4 is 23.5 Å². The van der Waals surface area contributed by atoms with E-state index in [0.29, 0.717) is 5.41 Å². The molecule has 4 fully saturated rings. The van der Waals surface area contributed by atoms with Crippen LogP contribution in [0.4, 0.5) is 0 Å². The van der Waals surface area contributed by atoms with Crippen molar-refractivity contribution in [3.05, 3.63) is 0 Å². The predicted molar refractivity (Wildman–Crippen MR) is 80.7 cm³/mol. The first-order chi connectivity index (χ1) is 8.76. The lowest BCUT2D eigenvalue weighted by Gasteiger charge is -2.52. The summed E-state index contributed by atoms with van der Waals surface area (Å²) >= 11 is 4.15.